The molecule has 0 saturated carbocycles. The molecule has 3 N–H and O–H groups in total. The molecule has 256 valence electrons. The quantitative estimate of drug-likeness (QED) is 0.0703. The zero-order valence-electron chi connectivity index (χ0n) is 28.1. The number of cyclic esters (lactones) is 1. The molecule has 0 radical (unpaired) electrons. The summed E-state index contributed by atoms with van der Waals surface area (Å²) in [6.45, 7) is 4.11. The molecule has 0 unspecified atom stereocenters. The van der Waals surface area contributed by atoms with Crippen LogP contribution in [-0.4, -0.2) is 70.1 Å². The Kier molecular flexibility index (Phi) is 18.5. The largest absolute Gasteiger partial charge is 0.455 e. The molecular weight excluding hydrogens is 556 g/mol. The number of ether oxygens (including phenoxy) is 3. The highest BCUT2D eigenvalue weighted by molar-refractivity contribution is 5.90. The maximum Gasteiger partial charge on any atom is 0.334 e. The number of rotatable bonds is 25. The molecule has 0 aromatic carbocycles. The van der Waals surface area contributed by atoms with Crippen LogP contribution in [0, 0.1) is 0 Å². The molecule has 3 rings (SSSR count). The molecule has 7 heteroatoms. The van der Waals surface area contributed by atoms with Crippen LogP contribution in [0.3, 0.4) is 0 Å². The molecule has 3 heterocycles. The van der Waals surface area contributed by atoms with Crippen molar-refractivity contribution < 1.29 is 34.3 Å². The minimum atomic E-state index is -0.479. The molecule has 7 nitrogen and oxygen atoms in total. The molecule has 3 aliphatic heterocycles. The first-order valence-electron chi connectivity index (χ1n) is 18.6. The lowest BCUT2D eigenvalue weighted by Gasteiger charge is -2.24. The summed E-state index contributed by atoms with van der Waals surface area (Å²) in [6.07, 6.45) is 25.7. The molecule has 2 fully saturated rings. The van der Waals surface area contributed by atoms with E-state index in [0.717, 1.165) is 89.0 Å². The number of hydrogen-bond acceptors (Lipinski definition) is 7. The molecule has 0 spiro atoms. The summed E-state index contributed by atoms with van der Waals surface area (Å²) < 4.78 is 17.7. The lowest BCUT2D eigenvalue weighted by molar-refractivity contribution is -0.139. The normalized spacial score (nSPS) is 27.4. The van der Waals surface area contributed by atoms with E-state index in [0.29, 0.717) is 6.42 Å². The van der Waals surface area contributed by atoms with Gasteiger partial charge in [0.05, 0.1) is 42.7 Å². The second kappa shape index (κ2) is 21.7. The Hall–Kier alpha value is -0.990. The van der Waals surface area contributed by atoms with Gasteiger partial charge >= 0.3 is 5.97 Å². The van der Waals surface area contributed by atoms with Gasteiger partial charge in [0, 0.05) is 5.57 Å². The second-order valence-corrected chi connectivity index (χ2v) is 14.0. The Balaban J connectivity index is 1.13. The van der Waals surface area contributed by atoms with E-state index in [2.05, 4.69) is 6.92 Å². The molecule has 2 saturated heterocycles. The summed E-state index contributed by atoms with van der Waals surface area (Å²) >= 11 is 0. The number of aliphatic hydroxyl groups excluding tert-OH is 3. The van der Waals surface area contributed by atoms with Gasteiger partial charge in [-0.15, -0.1) is 0 Å². The topological polar surface area (TPSA) is 105 Å². The average molecular weight is 623 g/mol. The first-order valence-corrected chi connectivity index (χ1v) is 18.6. The van der Waals surface area contributed by atoms with E-state index in [1.165, 1.54) is 64.2 Å². The highest BCUT2D eigenvalue weighted by atomic mass is 16.6. The van der Waals surface area contributed by atoms with Crippen LogP contribution in [0.15, 0.2) is 11.6 Å². The molecular formula is C37H66O7. The molecule has 0 aromatic heterocycles. The van der Waals surface area contributed by atoms with Crippen molar-refractivity contribution in [1.29, 1.82) is 0 Å². The van der Waals surface area contributed by atoms with Gasteiger partial charge in [0.15, 0.2) is 0 Å². The van der Waals surface area contributed by atoms with Crippen LogP contribution in [0.4, 0.5) is 0 Å². The molecule has 0 aliphatic carbocycles. The Labute approximate surface area is 268 Å². The zero-order valence-corrected chi connectivity index (χ0v) is 28.1. The van der Waals surface area contributed by atoms with Gasteiger partial charge in [0.2, 0.25) is 0 Å². The first kappa shape index (κ1) is 37.5. The van der Waals surface area contributed by atoms with Gasteiger partial charge in [0.1, 0.15) is 6.10 Å². The van der Waals surface area contributed by atoms with Gasteiger partial charge in [0.25, 0.3) is 0 Å². The smallest absolute Gasteiger partial charge is 0.334 e. The summed E-state index contributed by atoms with van der Waals surface area (Å²) in [6, 6.07) is 0. The number of hydrogen-bond donors (Lipinski definition) is 3. The van der Waals surface area contributed by atoms with E-state index in [1.54, 1.807) is 0 Å². The van der Waals surface area contributed by atoms with Gasteiger partial charge in [-0.1, -0.05) is 90.4 Å². The van der Waals surface area contributed by atoms with Crippen LogP contribution >= 0.6 is 0 Å². The van der Waals surface area contributed by atoms with E-state index in [1.807, 2.05) is 13.0 Å². The SMILES string of the molecule is CCCCCC[C@H](O)CCC[C@@H](O)[C@H]1CC[C@H]([C@H]2CC[C@H]([C@H](O)CCCCCCCCCCCCC3=C[C@@H](C)OC3=O)O2)O1. The van der Waals surface area contributed by atoms with Crippen molar-refractivity contribution in [1.82, 2.24) is 0 Å². The minimum absolute atomic E-state index is 0.0170. The standard InChI is InChI=1S/C37H66O7/c1-3-4-5-15-19-30(38)20-17-22-32(40)34-24-26-36(44-34)35-25-23-33(43-35)31(39)21-16-13-11-9-7-6-8-10-12-14-18-29-27-28(2)42-37(29)41/h27-28,30-36,38-40H,3-26H2,1-2H3/t28-,30+,31-,32-,33-,34-,35-,36-/m1/s1. The van der Waals surface area contributed by atoms with E-state index in [4.69, 9.17) is 14.2 Å². The fourth-order valence-corrected chi connectivity index (χ4v) is 7.28. The van der Waals surface area contributed by atoms with Crippen molar-refractivity contribution in [3.05, 3.63) is 11.6 Å². The van der Waals surface area contributed by atoms with Gasteiger partial charge in [-0.25, -0.2) is 4.79 Å². The molecule has 0 bridgehead atoms. The third kappa shape index (κ3) is 14.2. The Morgan fingerprint density at radius 1 is 0.659 bits per heavy atom. The van der Waals surface area contributed by atoms with Crippen molar-refractivity contribution >= 4 is 5.97 Å². The van der Waals surface area contributed by atoms with Crippen molar-refractivity contribution in [2.24, 2.45) is 0 Å². The van der Waals surface area contributed by atoms with Crippen LogP contribution in [0.2, 0.25) is 0 Å². The Morgan fingerprint density at radius 3 is 1.68 bits per heavy atom. The van der Waals surface area contributed by atoms with Crippen LogP contribution in [-0.2, 0) is 19.0 Å². The van der Waals surface area contributed by atoms with Crippen LogP contribution in [0.25, 0.3) is 0 Å². The summed E-state index contributed by atoms with van der Waals surface area (Å²) in [5.41, 5.74) is 0.863. The van der Waals surface area contributed by atoms with E-state index >= 15 is 0 Å². The maximum atomic E-state index is 11.6. The van der Waals surface area contributed by atoms with Gasteiger partial charge in [-0.2, -0.15) is 0 Å². The Morgan fingerprint density at radius 2 is 1.14 bits per heavy atom. The van der Waals surface area contributed by atoms with Crippen molar-refractivity contribution in [3.8, 4) is 0 Å². The highest BCUT2D eigenvalue weighted by Gasteiger charge is 2.40. The van der Waals surface area contributed by atoms with E-state index in [9.17, 15) is 20.1 Å². The summed E-state index contributed by atoms with van der Waals surface area (Å²) in [5.74, 6) is -0.123. The lowest BCUT2D eigenvalue weighted by atomic mass is 9.99. The summed E-state index contributed by atoms with van der Waals surface area (Å²) in [5, 5.41) is 31.6. The maximum absolute atomic E-state index is 11.6. The minimum Gasteiger partial charge on any atom is -0.455 e. The summed E-state index contributed by atoms with van der Waals surface area (Å²) in [4.78, 5) is 11.6. The molecule has 0 aromatic rings. The predicted octanol–water partition coefficient (Wildman–Crippen LogP) is 7.86. The molecule has 3 aliphatic rings. The van der Waals surface area contributed by atoms with Crippen LogP contribution in [0.1, 0.15) is 168 Å². The van der Waals surface area contributed by atoms with E-state index in [-0.39, 0.29) is 42.6 Å². The average Bonchev–Trinajstić information content (AvgIpc) is 3.76. The highest BCUT2D eigenvalue weighted by Crippen LogP contribution is 2.34. The lowest BCUT2D eigenvalue weighted by Crippen LogP contribution is -2.33. The first-order chi connectivity index (χ1) is 21.4. The third-order valence-corrected chi connectivity index (χ3v) is 10.1. The number of esters is 1. The second-order valence-electron chi connectivity index (χ2n) is 14.0. The molecule has 44 heavy (non-hydrogen) atoms. The fourth-order valence-electron chi connectivity index (χ4n) is 7.28. The monoisotopic (exact) mass is 622 g/mol. The number of unbranched alkanes of at least 4 members (excludes halogenated alkanes) is 12. The fraction of sp³-hybridized carbons (Fsp3) is 0.919. The third-order valence-electron chi connectivity index (χ3n) is 10.1. The summed E-state index contributed by atoms with van der Waals surface area (Å²) in [7, 11) is 0. The van der Waals surface area contributed by atoms with Crippen LogP contribution < -0.4 is 0 Å². The van der Waals surface area contributed by atoms with Gasteiger partial charge in [-0.05, 0) is 83.6 Å². The molecule has 0 amide bonds. The van der Waals surface area contributed by atoms with Gasteiger partial charge in [-0.3, -0.25) is 0 Å². The number of aliphatic hydroxyl groups is 3. The van der Waals surface area contributed by atoms with E-state index < -0.39 is 12.2 Å². The number of carbonyl (C=O) groups is 1. The number of carbonyl (C=O) groups excluding carboxylic acids is 1. The Bertz CT molecular complexity index is 801. The van der Waals surface area contributed by atoms with Crippen molar-refractivity contribution in [3.63, 3.8) is 0 Å². The van der Waals surface area contributed by atoms with Gasteiger partial charge < -0.3 is 29.5 Å². The predicted molar refractivity (Wildman–Crippen MR) is 175 cm³/mol. The van der Waals surface area contributed by atoms with Crippen molar-refractivity contribution in [2.45, 2.75) is 217 Å². The molecule has 8 atom stereocenters. The van der Waals surface area contributed by atoms with Crippen LogP contribution in [0.5, 0.6) is 0 Å². The van der Waals surface area contributed by atoms with Crippen molar-refractivity contribution in [2.75, 3.05) is 0 Å². The zero-order chi connectivity index (χ0) is 31.6.